The molecule has 2 aliphatic carbocycles. The number of benzene rings is 6. The zero-order valence-electron chi connectivity index (χ0n) is 36.9. The van der Waals surface area contributed by atoms with Gasteiger partial charge in [-0.2, -0.15) is 0 Å². The van der Waals surface area contributed by atoms with Gasteiger partial charge in [-0.05, 0) is 143 Å². The summed E-state index contributed by atoms with van der Waals surface area (Å²) in [7, 11) is 0. The van der Waals surface area contributed by atoms with Crippen LogP contribution in [0.3, 0.4) is 0 Å². The Morgan fingerprint density at radius 3 is 1.46 bits per heavy atom. The highest BCUT2D eigenvalue weighted by molar-refractivity contribution is 6.12. The molecule has 0 amide bonds. The van der Waals surface area contributed by atoms with Gasteiger partial charge in [0.25, 0.3) is 0 Å². The van der Waals surface area contributed by atoms with Crippen LogP contribution >= 0.6 is 0 Å². The van der Waals surface area contributed by atoms with Gasteiger partial charge >= 0.3 is 0 Å². The van der Waals surface area contributed by atoms with Gasteiger partial charge in [0.15, 0.2) is 5.58 Å². The Balaban J connectivity index is 1.35. The first-order valence-electron chi connectivity index (χ1n) is 20.9. The molecule has 57 heavy (non-hydrogen) atoms. The SMILES string of the molecule is Cc1cc(C)c2c(c1)C(C)(C)c1cc(N(c3ccc4c(c3)C(C)(C)c3cc(C)cc(C)c3-4)c3c(C)ccc4c3oc3c(C(C)(C)C)cc(C(C)(C)C)cc34)ccc1-2. The molecular weight excluding hydrogens is 691 g/mol. The first-order chi connectivity index (χ1) is 26.6. The molecule has 0 saturated carbocycles. The molecule has 0 atom stereocenters. The summed E-state index contributed by atoms with van der Waals surface area (Å²) in [5.41, 5.74) is 25.0. The number of rotatable bonds is 3. The number of hydrogen-bond donors (Lipinski definition) is 0. The molecule has 290 valence electrons. The molecule has 0 spiro atoms. The Bertz CT molecular complexity index is 2740. The fraction of sp³-hybridized carbons (Fsp3) is 0.345. The predicted molar refractivity (Wildman–Crippen MR) is 245 cm³/mol. The monoisotopic (exact) mass is 749 g/mol. The molecule has 7 aromatic rings. The lowest BCUT2D eigenvalue weighted by Gasteiger charge is -2.30. The van der Waals surface area contributed by atoms with Crippen LogP contribution in [0.15, 0.2) is 89.3 Å². The van der Waals surface area contributed by atoms with E-state index in [0.717, 1.165) is 33.6 Å². The largest absolute Gasteiger partial charge is 0.454 e. The van der Waals surface area contributed by atoms with Crippen LogP contribution < -0.4 is 4.90 Å². The minimum absolute atomic E-state index is 0.00523. The highest BCUT2D eigenvalue weighted by Gasteiger charge is 2.40. The van der Waals surface area contributed by atoms with Crippen molar-refractivity contribution in [3.8, 4) is 22.3 Å². The lowest BCUT2D eigenvalue weighted by atomic mass is 9.79. The van der Waals surface area contributed by atoms with Gasteiger partial charge in [0, 0.05) is 38.5 Å². The van der Waals surface area contributed by atoms with Crippen molar-refractivity contribution in [3.63, 3.8) is 0 Å². The van der Waals surface area contributed by atoms with Crippen molar-refractivity contribution in [2.24, 2.45) is 0 Å². The van der Waals surface area contributed by atoms with Crippen molar-refractivity contribution in [2.45, 2.75) is 126 Å². The summed E-state index contributed by atoms with van der Waals surface area (Å²) in [6.07, 6.45) is 0. The van der Waals surface area contributed by atoms with E-state index < -0.39 is 0 Å². The third kappa shape index (κ3) is 5.42. The zero-order chi connectivity index (χ0) is 40.9. The normalized spacial score (nSPS) is 15.2. The van der Waals surface area contributed by atoms with E-state index in [9.17, 15) is 0 Å². The second-order valence-electron chi connectivity index (χ2n) is 20.7. The summed E-state index contributed by atoms with van der Waals surface area (Å²) < 4.78 is 7.30. The maximum Gasteiger partial charge on any atom is 0.159 e. The van der Waals surface area contributed by atoms with Crippen LogP contribution in [0.1, 0.15) is 130 Å². The van der Waals surface area contributed by atoms with Gasteiger partial charge in [0.05, 0.1) is 5.69 Å². The number of nitrogens with zero attached hydrogens (tertiary/aromatic N) is 1. The highest BCUT2D eigenvalue weighted by Crippen LogP contribution is 2.56. The number of anilines is 3. The molecule has 0 saturated heterocycles. The van der Waals surface area contributed by atoms with Crippen LogP contribution in [0.5, 0.6) is 0 Å². The Morgan fingerprint density at radius 2 is 0.982 bits per heavy atom. The maximum atomic E-state index is 7.30. The Kier molecular flexibility index (Phi) is 7.88. The molecule has 0 bridgehead atoms. The van der Waals surface area contributed by atoms with Gasteiger partial charge in [-0.1, -0.05) is 135 Å². The molecule has 1 aromatic heterocycles. The smallest absolute Gasteiger partial charge is 0.159 e. The van der Waals surface area contributed by atoms with Gasteiger partial charge in [0.2, 0.25) is 0 Å². The van der Waals surface area contributed by atoms with E-state index in [1.54, 1.807) is 0 Å². The molecule has 0 N–H and O–H groups in total. The van der Waals surface area contributed by atoms with Gasteiger partial charge in [0.1, 0.15) is 5.58 Å². The molecule has 0 radical (unpaired) electrons. The van der Waals surface area contributed by atoms with Crippen LogP contribution in [-0.4, -0.2) is 0 Å². The van der Waals surface area contributed by atoms with Crippen LogP contribution in [0.2, 0.25) is 0 Å². The summed E-state index contributed by atoms with van der Waals surface area (Å²) in [4.78, 5) is 2.51. The third-order valence-corrected chi connectivity index (χ3v) is 13.5. The first-order valence-corrected chi connectivity index (χ1v) is 20.9. The number of aryl methyl sites for hydroxylation is 5. The molecule has 6 aromatic carbocycles. The van der Waals surface area contributed by atoms with Crippen LogP contribution in [0.4, 0.5) is 17.1 Å². The van der Waals surface area contributed by atoms with Crippen molar-refractivity contribution >= 4 is 39.0 Å². The lowest BCUT2D eigenvalue weighted by Crippen LogP contribution is -2.18. The maximum absolute atomic E-state index is 7.30. The fourth-order valence-electron chi connectivity index (χ4n) is 10.4. The van der Waals surface area contributed by atoms with E-state index >= 15 is 0 Å². The first kappa shape index (κ1) is 37.5. The van der Waals surface area contributed by atoms with E-state index in [1.807, 2.05) is 0 Å². The van der Waals surface area contributed by atoms with E-state index in [4.69, 9.17) is 4.42 Å². The summed E-state index contributed by atoms with van der Waals surface area (Å²) in [6, 6.07) is 33.3. The highest BCUT2D eigenvalue weighted by atomic mass is 16.3. The van der Waals surface area contributed by atoms with Crippen LogP contribution in [-0.2, 0) is 21.7 Å². The Morgan fingerprint density at radius 1 is 0.474 bits per heavy atom. The molecular formula is C55H59NO. The molecule has 0 fully saturated rings. The molecule has 0 aliphatic heterocycles. The summed E-state index contributed by atoms with van der Waals surface area (Å²) in [5.74, 6) is 0. The second-order valence-corrected chi connectivity index (χ2v) is 20.7. The van der Waals surface area contributed by atoms with Crippen LogP contribution in [0.25, 0.3) is 44.2 Å². The summed E-state index contributed by atoms with van der Waals surface area (Å²) >= 11 is 0. The fourth-order valence-corrected chi connectivity index (χ4v) is 10.4. The number of hydrogen-bond acceptors (Lipinski definition) is 2. The molecule has 9 rings (SSSR count). The Labute approximate surface area is 340 Å². The topological polar surface area (TPSA) is 16.4 Å². The second kappa shape index (κ2) is 12.0. The average Bonchev–Trinajstić information content (AvgIpc) is 3.67. The summed E-state index contributed by atoms with van der Waals surface area (Å²) in [6.45, 7) is 34.7. The van der Waals surface area contributed by atoms with E-state index in [1.165, 1.54) is 88.8 Å². The molecule has 0 unspecified atom stereocenters. The van der Waals surface area contributed by atoms with Crippen molar-refractivity contribution in [3.05, 3.63) is 146 Å². The average molecular weight is 750 g/mol. The molecule has 1 heterocycles. The van der Waals surface area contributed by atoms with Crippen molar-refractivity contribution in [1.29, 1.82) is 0 Å². The number of fused-ring (bicyclic) bond motifs is 9. The van der Waals surface area contributed by atoms with E-state index in [0.29, 0.717) is 0 Å². The van der Waals surface area contributed by atoms with Crippen molar-refractivity contribution in [1.82, 2.24) is 0 Å². The quantitative estimate of drug-likeness (QED) is 0.179. The molecule has 2 aliphatic rings. The molecule has 2 nitrogen and oxygen atoms in total. The van der Waals surface area contributed by atoms with Crippen LogP contribution in [0, 0.1) is 34.6 Å². The lowest BCUT2D eigenvalue weighted by molar-refractivity contribution is 0.559. The van der Waals surface area contributed by atoms with Gasteiger partial charge in [-0.15, -0.1) is 0 Å². The third-order valence-electron chi connectivity index (χ3n) is 13.5. The Hall–Kier alpha value is -5.08. The van der Waals surface area contributed by atoms with Gasteiger partial charge < -0.3 is 9.32 Å². The van der Waals surface area contributed by atoms with Crippen molar-refractivity contribution < 1.29 is 4.42 Å². The number of furan rings is 1. The zero-order valence-corrected chi connectivity index (χ0v) is 36.9. The van der Waals surface area contributed by atoms with E-state index in [-0.39, 0.29) is 21.7 Å². The standard InChI is InChI=1S/C55H59NO/c1-30-22-33(4)47-39-20-17-36(28-42(39)54(12,13)44(47)24-30)56(37-18-21-40-43(29-37)55(14,15)45-25-31(2)23-34(5)48(40)45)49-32(3)16-19-38-41-26-35(52(6,7)8)27-46(53(9,10)11)50(41)57-51(38)49/h16-29H,1-15H3. The predicted octanol–water partition coefficient (Wildman–Crippen LogP) is 15.8. The minimum atomic E-state index is -0.147. The van der Waals surface area contributed by atoms with Gasteiger partial charge in [-0.25, -0.2) is 0 Å². The molecule has 2 heteroatoms. The van der Waals surface area contributed by atoms with E-state index in [2.05, 4.69) is 194 Å². The van der Waals surface area contributed by atoms with Gasteiger partial charge in [-0.3, -0.25) is 0 Å². The minimum Gasteiger partial charge on any atom is -0.454 e. The summed E-state index contributed by atoms with van der Waals surface area (Å²) in [5, 5.41) is 2.35. The van der Waals surface area contributed by atoms with Crippen molar-refractivity contribution in [2.75, 3.05) is 4.90 Å².